The number of amides is 1. The summed E-state index contributed by atoms with van der Waals surface area (Å²) in [6, 6.07) is 6.66. The minimum Gasteiger partial charge on any atom is -0.422 e. The highest BCUT2D eigenvalue weighted by Gasteiger charge is 2.16. The second-order valence-electron chi connectivity index (χ2n) is 4.52. The van der Waals surface area contributed by atoms with Gasteiger partial charge >= 0.3 is 5.63 Å². The van der Waals surface area contributed by atoms with Crippen molar-refractivity contribution in [3.63, 3.8) is 0 Å². The molecule has 23 heavy (non-hydrogen) atoms. The molecule has 0 unspecified atom stereocenters. The Hall–Kier alpha value is -2.10. The lowest BCUT2D eigenvalue weighted by Crippen LogP contribution is -2.20. The maximum atomic E-state index is 12.3. The Bertz CT molecular complexity index is 937. The Balaban J connectivity index is 1.90. The molecule has 0 spiro atoms. The van der Waals surface area contributed by atoms with Crippen LogP contribution >= 0.6 is 27.3 Å². The number of carbonyl (C=O) groups is 1. The van der Waals surface area contributed by atoms with Crippen LogP contribution in [0.1, 0.15) is 15.4 Å². The molecule has 1 amide bonds. The van der Waals surface area contributed by atoms with Gasteiger partial charge in [0, 0.05) is 17.0 Å². The summed E-state index contributed by atoms with van der Waals surface area (Å²) in [5.41, 5.74) is -0.397. The normalized spacial score (nSPS) is 10.9. The fraction of sp³-hybridized carbons (Fsp3) is 0.143. The van der Waals surface area contributed by atoms with Gasteiger partial charge in [-0.25, -0.2) is 4.79 Å². The third kappa shape index (κ3) is 3.46. The van der Waals surface area contributed by atoms with Crippen molar-refractivity contribution in [3.8, 4) is 0 Å². The molecule has 0 bridgehead atoms. The molecule has 2 aromatic heterocycles. The van der Waals surface area contributed by atoms with E-state index in [2.05, 4.69) is 31.4 Å². The van der Waals surface area contributed by atoms with E-state index in [1.165, 1.54) is 24.5 Å². The third-order valence-corrected chi connectivity index (χ3v) is 4.20. The highest BCUT2D eigenvalue weighted by Crippen LogP contribution is 2.20. The van der Waals surface area contributed by atoms with E-state index in [0.29, 0.717) is 22.6 Å². The van der Waals surface area contributed by atoms with Crippen LogP contribution in [0.15, 0.2) is 37.9 Å². The molecule has 2 heterocycles. The first-order chi connectivity index (χ1) is 11.1. The van der Waals surface area contributed by atoms with Gasteiger partial charge in [-0.3, -0.25) is 10.1 Å². The number of rotatable bonds is 4. The average molecular weight is 396 g/mol. The van der Waals surface area contributed by atoms with Gasteiger partial charge in [0.15, 0.2) is 0 Å². The van der Waals surface area contributed by atoms with Gasteiger partial charge in [0.1, 0.15) is 22.8 Å². The van der Waals surface area contributed by atoms with Gasteiger partial charge in [-0.15, -0.1) is 10.2 Å². The lowest BCUT2D eigenvalue weighted by Gasteiger charge is -2.02. The number of aromatic nitrogens is 2. The number of anilines is 1. The predicted molar refractivity (Wildman–Crippen MR) is 88.8 cm³/mol. The second kappa shape index (κ2) is 6.57. The predicted octanol–water partition coefficient (Wildman–Crippen LogP) is 2.81. The van der Waals surface area contributed by atoms with Crippen LogP contribution in [0.2, 0.25) is 0 Å². The van der Waals surface area contributed by atoms with Crippen LogP contribution in [0.5, 0.6) is 0 Å². The Morgan fingerprint density at radius 2 is 2.22 bits per heavy atom. The molecule has 0 fully saturated rings. The summed E-state index contributed by atoms with van der Waals surface area (Å²) in [6.07, 6.45) is 0. The van der Waals surface area contributed by atoms with E-state index in [1.54, 1.807) is 18.2 Å². The van der Waals surface area contributed by atoms with Gasteiger partial charge < -0.3 is 9.15 Å². The van der Waals surface area contributed by atoms with Gasteiger partial charge in [-0.1, -0.05) is 27.3 Å². The molecular weight excluding hydrogens is 386 g/mol. The molecule has 1 aromatic carbocycles. The highest BCUT2D eigenvalue weighted by molar-refractivity contribution is 9.10. The van der Waals surface area contributed by atoms with Crippen molar-refractivity contribution < 1.29 is 13.9 Å². The summed E-state index contributed by atoms with van der Waals surface area (Å²) in [5, 5.41) is 11.8. The van der Waals surface area contributed by atoms with Crippen LogP contribution in [-0.4, -0.2) is 23.2 Å². The molecule has 3 aromatic rings. The highest BCUT2D eigenvalue weighted by atomic mass is 79.9. The number of halogens is 1. The van der Waals surface area contributed by atoms with Crippen LogP contribution in [0, 0.1) is 0 Å². The number of ether oxygens (including phenoxy) is 1. The minimum absolute atomic E-state index is 0.0981. The Morgan fingerprint density at radius 1 is 1.39 bits per heavy atom. The number of carbonyl (C=O) groups excluding carboxylic acids is 1. The molecule has 1 N–H and O–H groups in total. The Labute approximate surface area is 142 Å². The van der Waals surface area contributed by atoms with Gasteiger partial charge in [0.05, 0.1) is 0 Å². The van der Waals surface area contributed by atoms with Crippen molar-refractivity contribution in [1.82, 2.24) is 10.2 Å². The quantitative estimate of drug-likeness (QED) is 0.682. The fourth-order valence-corrected chi connectivity index (χ4v) is 2.99. The summed E-state index contributed by atoms with van der Waals surface area (Å²) in [6.45, 7) is 0.305. The topological polar surface area (TPSA) is 94.3 Å². The lowest BCUT2D eigenvalue weighted by atomic mass is 10.2. The molecule has 0 saturated heterocycles. The number of benzene rings is 1. The molecule has 0 aliphatic rings. The van der Waals surface area contributed by atoms with Crippen molar-refractivity contribution in [2.75, 3.05) is 12.4 Å². The van der Waals surface area contributed by atoms with Crippen LogP contribution in [-0.2, 0) is 11.3 Å². The van der Waals surface area contributed by atoms with E-state index >= 15 is 0 Å². The standard InChI is InChI=1S/C14H10BrN3O4S/c1-21-6-11-17-18-14(23-11)16-12(19)9-5-7-4-8(15)2-3-10(7)22-13(9)20/h2-5H,6H2,1H3,(H,16,18,19). The van der Waals surface area contributed by atoms with Gasteiger partial charge in [0.2, 0.25) is 5.13 Å². The lowest BCUT2D eigenvalue weighted by molar-refractivity contribution is 0.102. The van der Waals surface area contributed by atoms with E-state index in [4.69, 9.17) is 9.15 Å². The van der Waals surface area contributed by atoms with Crippen molar-refractivity contribution in [2.45, 2.75) is 6.61 Å². The molecule has 0 radical (unpaired) electrons. The van der Waals surface area contributed by atoms with Crippen LogP contribution in [0.4, 0.5) is 5.13 Å². The number of nitrogens with one attached hydrogen (secondary N) is 1. The molecule has 0 aliphatic heterocycles. The van der Waals surface area contributed by atoms with Crippen molar-refractivity contribution >= 4 is 49.3 Å². The monoisotopic (exact) mass is 395 g/mol. The summed E-state index contributed by atoms with van der Waals surface area (Å²) in [4.78, 5) is 24.2. The number of fused-ring (bicyclic) bond motifs is 1. The van der Waals surface area contributed by atoms with Gasteiger partial charge in [-0.2, -0.15) is 0 Å². The largest absolute Gasteiger partial charge is 0.422 e. The van der Waals surface area contributed by atoms with Gasteiger partial charge in [0.25, 0.3) is 5.91 Å². The number of nitrogens with zero attached hydrogens (tertiary/aromatic N) is 2. The Morgan fingerprint density at radius 3 is 3.00 bits per heavy atom. The summed E-state index contributed by atoms with van der Waals surface area (Å²) >= 11 is 4.51. The number of hydrogen-bond acceptors (Lipinski definition) is 7. The minimum atomic E-state index is -0.709. The second-order valence-corrected chi connectivity index (χ2v) is 6.50. The van der Waals surface area contributed by atoms with Crippen molar-refractivity contribution in [1.29, 1.82) is 0 Å². The maximum Gasteiger partial charge on any atom is 0.349 e. The number of methoxy groups -OCH3 is 1. The zero-order chi connectivity index (χ0) is 16.4. The first-order valence-electron chi connectivity index (χ1n) is 6.43. The molecule has 0 atom stereocenters. The first-order valence-corrected chi connectivity index (χ1v) is 8.04. The summed E-state index contributed by atoms with van der Waals surface area (Å²) in [5.74, 6) is -0.597. The van der Waals surface area contributed by atoms with Gasteiger partial charge in [-0.05, 0) is 24.3 Å². The molecule has 9 heteroatoms. The van der Waals surface area contributed by atoms with Crippen LogP contribution in [0.25, 0.3) is 11.0 Å². The average Bonchev–Trinajstić information content (AvgIpc) is 2.94. The third-order valence-electron chi connectivity index (χ3n) is 2.89. The molecule has 0 aliphatic carbocycles. The fourth-order valence-electron chi connectivity index (χ4n) is 1.90. The van der Waals surface area contributed by atoms with Crippen molar-refractivity contribution in [3.05, 3.63) is 49.7 Å². The molecular formula is C14H10BrN3O4S. The smallest absolute Gasteiger partial charge is 0.349 e. The molecule has 7 nitrogen and oxygen atoms in total. The molecule has 0 saturated carbocycles. The van der Waals surface area contributed by atoms with Crippen LogP contribution in [0.3, 0.4) is 0 Å². The SMILES string of the molecule is COCc1nnc(NC(=O)c2cc3cc(Br)ccc3oc2=O)s1. The zero-order valence-corrected chi connectivity index (χ0v) is 14.2. The maximum absolute atomic E-state index is 12.3. The van der Waals surface area contributed by atoms with E-state index in [9.17, 15) is 9.59 Å². The van der Waals surface area contributed by atoms with E-state index in [0.717, 1.165) is 4.47 Å². The molecule has 3 rings (SSSR count). The summed E-state index contributed by atoms with van der Waals surface area (Å²) in [7, 11) is 1.54. The zero-order valence-electron chi connectivity index (χ0n) is 11.8. The van der Waals surface area contributed by atoms with E-state index < -0.39 is 11.5 Å². The molecule has 118 valence electrons. The van der Waals surface area contributed by atoms with Crippen LogP contribution < -0.4 is 10.9 Å². The first kappa shape index (κ1) is 15.8. The van der Waals surface area contributed by atoms with Crippen molar-refractivity contribution in [2.24, 2.45) is 0 Å². The summed E-state index contributed by atoms with van der Waals surface area (Å²) < 4.78 is 10.9. The van der Waals surface area contributed by atoms with E-state index in [1.807, 2.05) is 0 Å². The Kier molecular flexibility index (Phi) is 4.51. The van der Waals surface area contributed by atoms with E-state index in [-0.39, 0.29) is 10.7 Å². The number of hydrogen-bond donors (Lipinski definition) is 1.